The summed E-state index contributed by atoms with van der Waals surface area (Å²) in [5.74, 6) is -0.471. The second-order valence-electron chi connectivity index (χ2n) is 9.35. The second kappa shape index (κ2) is 13.9. The standard InChI is InChI=1S/C30H23ClFN5O6S2/c31-21-5-12-26(43-18-28(38)35-23-8-10-25(11-9-23)45(33,40)41)20(14-21)15-27-29(39)37(17-24-2-1-13-42-24)30(44-27)36-34-16-19-3-6-22(32)7-4-19/h1-16H,17-18H2,(H,35,38)(H2,33,40,41)/b27-15-,34-16+,36-30-. The van der Waals surface area contributed by atoms with E-state index in [2.05, 4.69) is 15.5 Å². The molecule has 0 saturated carbocycles. The van der Waals surface area contributed by atoms with Crippen LogP contribution in [-0.2, 0) is 26.2 Å². The molecular formula is C30H23ClFN5O6S2. The number of carbonyl (C=O) groups excluding carboxylic acids is 2. The van der Waals surface area contributed by atoms with Gasteiger partial charge in [-0.3, -0.25) is 14.5 Å². The summed E-state index contributed by atoms with van der Waals surface area (Å²) in [4.78, 5) is 27.7. The third-order valence-corrected chi connectivity index (χ3v) is 8.25. The Morgan fingerprint density at radius 2 is 1.87 bits per heavy atom. The van der Waals surface area contributed by atoms with Crippen LogP contribution in [0.15, 0.2) is 110 Å². The molecule has 3 aromatic carbocycles. The number of amidine groups is 1. The highest BCUT2D eigenvalue weighted by Crippen LogP contribution is 2.36. The highest BCUT2D eigenvalue weighted by Gasteiger charge is 2.34. The number of anilines is 1. The minimum absolute atomic E-state index is 0.0921. The van der Waals surface area contributed by atoms with Gasteiger partial charge in [0, 0.05) is 16.3 Å². The lowest BCUT2D eigenvalue weighted by molar-refractivity contribution is -0.122. The fourth-order valence-electron chi connectivity index (χ4n) is 3.95. The van der Waals surface area contributed by atoms with Gasteiger partial charge in [0.15, 0.2) is 11.8 Å². The van der Waals surface area contributed by atoms with Gasteiger partial charge in [-0.2, -0.15) is 5.10 Å². The van der Waals surface area contributed by atoms with E-state index in [1.54, 1.807) is 48.5 Å². The first kappa shape index (κ1) is 31.7. The van der Waals surface area contributed by atoms with E-state index in [-0.39, 0.29) is 39.0 Å². The van der Waals surface area contributed by atoms with Gasteiger partial charge >= 0.3 is 0 Å². The molecule has 230 valence electrons. The Hall–Kier alpha value is -4.76. The van der Waals surface area contributed by atoms with Crippen molar-refractivity contribution >= 4 is 68.3 Å². The molecule has 15 heteroatoms. The van der Waals surface area contributed by atoms with Gasteiger partial charge in [0.25, 0.3) is 11.8 Å². The first-order valence-electron chi connectivity index (χ1n) is 13.0. The minimum atomic E-state index is -3.87. The summed E-state index contributed by atoms with van der Waals surface area (Å²) >= 11 is 7.31. The lowest BCUT2D eigenvalue weighted by Crippen LogP contribution is -2.28. The van der Waals surface area contributed by atoms with Crippen LogP contribution >= 0.6 is 23.4 Å². The first-order chi connectivity index (χ1) is 21.5. The maximum Gasteiger partial charge on any atom is 0.267 e. The monoisotopic (exact) mass is 667 g/mol. The topological polar surface area (TPSA) is 157 Å². The van der Waals surface area contributed by atoms with Crippen LogP contribution < -0.4 is 15.2 Å². The molecule has 1 aliphatic heterocycles. The summed E-state index contributed by atoms with van der Waals surface area (Å²) in [6, 6.07) is 19.2. The first-order valence-corrected chi connectivity index (χ1v) is 15.7. The predicted molar refractivity (Wildman–Crippen MR) is 170 cm³/mol. The SMILES string of the molecule is NS(=O)(=O)c1ccc(NC(=O)COc2ccc(Cl)cc2/C=C2\S/C(=N\N=C\c3ccc(F)cc3)N(Cc3ccco3)C2=O)cc1. The molecule has 1 fully saturated rings. The second-order valence-corrected chi connectivity index (χ2v) is 12.4. The van der Waals surface area contributed by atoms with Gasteiger partial charge in [0.1, 0.15) is 17.3 Å². The lowest BCUT2D eigenvalue weighted by atomic mass is 10.2. The Balaban J connectivity index is 1.34. The Morgan fingerprint density at radius 3 is 2.56 bits per heavy atom. The number of halogens is 2. The molecule has 0 aliphatic carbocycles. The maximum atomic E-state index is 13.5. The van der Waals surface area contributed by atoms with E-state index in [4.69, 9.17) is 25.9 Å². The van der Waals surface area contributed by atoms with E-state index in [0.717, 1.165) is 11.8 Å². The molecule has 2 heterocycles. The van der Waals surface area contributed by atoms with Crippen LogP contribution in [0.2, 0.25) is 5.02 Å². The number of thioether (sulfide) groups is 1. The van der Waals surface area contributed by atoms with E-state index >= 15 is 0 Å². The average Bonchev–Trinajstić information content (AvgIpc) is 3.62. The van der Waals surface area contributed by atoms with Crippen LogP contribution in [0, 0.1) is 5.82 Å². The summed E-state index contributed by atoms with van der Waals surface area (Å²) < 4.78 is 47.3. The number of hydrogen-bond donors (Lipinski definition) is 2. The number of furan rings is 1. The summed E-state index contributed by atoms with van der Waals surface area (Å²) in [6.07, 6.45) is 4.50. The molecule has 45 heavy (non-hydrogen) atoms. The molecule has 2 amide bonds. The fourth-order valence-corrected chi connectivity index (χ4v) is 5.57. The van der Waals surface area contributed by atoms with Crippen molar-refractivity contribution in [1.82, 2.24) is 4.90 Å². The number of rotatable bonds is 10. The molecule has 0 unspecified atom stereocenters. The molecule has 1 aromatic heterocycles. The molecule has 0 spiro atoms. The predicted octanol–water partition coefficient (Wildman–Crippen LogP) is 5.24. The van der Waals surface area contributed by atoms with Crippen molar-refractivity contribution in [2.24, 2.45) is 15.3 Å². The third kappa shape index (κ3) is 8.45. The molecule has 0 radical (unpaired) electrons. The molecule has 4 aromatic rings. The number of sulfonamides is 1. The number of benzene rings is 3. The lowest BCUT2D eigenvalue weighted by Gasteiger charge is -2.13. The van der Waals surface area contributed by atoms with Crippen molar-refractivity contribution in [3.63, 3.8) is 0 Å². The number of primary sulfonamides is 1. The largest absolute Gasteiger partial charge is 0.483 e. The van der Waals surface area contributed by atoms with Gasteiger partial charge in [0.2, 0.25) is 10.0 Å². The van der Waals surface area contributed by atoms with Gasteiger partial charge < -0.3 is 14.5 Å². The van der Waals surface area contributed by atoms with Crippen LogP contribution in [0.25, 0.3) is 6.08 Å². The highest BCUT2D eigenvalue weighted by molar-refractivity contribution is 8.18. The summed E-state index contributed by atoms with van der Waals surface area (Å²) in [6.45, 7) is -0.302. The number of carbonyl (C=O) groups is 2. The van der Waals surface area contributed by atoms with E-state index < -0.39 is 22.5 Å². The van der Waals surface area contributed by atoms with Crippen LogP contribution in [0.3, 0.4) is 0 Å². The number of amides is 2. The zero-order chi connectivity index (χ0) is 32.0. The normalized spacial score (nSPS) is 15.4. The van der Waals surface area contributed by atoms with Crippen molar-refractivity contribution in [1.29, 1.82) is 0 Å². The molecule has 11 nitrogen and oxygen atoms in total. The Labute approximate surface area is 266 Å². The van der Waals surface area contributed by atoms with Gasteiger partial charge in [-0.15, -0.1) is 5.10 Å². The Kier molecular flexibility index (Phi) is 9.78. The molecule has 1 saturated heterocycles. The van der Waals surface area contributed by atoms with Crippen molar-refractivity contribution in [3.05, 3.63) is 118 Å². The van der Waals surface area contributed by atoms with E-state index in [0.29, 0.717) is 27.6 Å². The number of nitrogens with zero attached hydrogens (tertiary/aromatic N) is 3. The molecule has 0 bridgehead atoms. The fraction of sp³-hybridized carbons (Fsp3) is 0.0667. The van der Waals surface area contributed by atoms with E-state index in [1.165, 1.54) is 53.8 Å². The molecular weight excluding hydrogens is 645 g/mol. The number of ether oxygens (including phenoxy) is 1. The highest BCUT2D eigenvalue weighted by atomic mass is 35.5. The molecule has 3 N–H and O–H groups in total. The summed E-state index contributed by atoms with van der Waals surface area (Å²) in [5, 5.41) is 16.7. The third-order valence-electron chi connectivity index (χ3n) is 6.09. The summed E-state index contributed by atoms with van der Waals surface area (Å²) in [5.41, 5.74) is 1.39. The zero-order valence-corrected chi connectivity index (χ0v) is 25.5. The van der Waals surface area contributed by atoms with Gasteiger partial charge in [-0.1, -0.05) is 23.7 Å². The van der Waals surface area contributed by atoms with Crippen molar-refractivity contribution in [2.45, 2.75) is 11.4 Å². The maximum absolute atomic E-state index is 13.5. The van der Waals surface area contributed by atoms with Crippen LogP contribution in [0.4, 0.5) is 10.1 Å². The van der Waals surface area contributed by atoms with Gasteiger partial charge in [-0.25, -0.2) is 17.9 Å². The van der Waals surface area contributed by atoms with Gasteiger partial charge in [0.05, 0.1) is 28.8 Å². The van der Waals surface area contributed by atoms with Crippen LogP contribution in [0.1, 0.15) is 16.9 Å². The van der Waals surface area contributed by atoms with E-state index in [1.807, 2.05) is 0 Å². The smallest absolute Gasteiger partial charge is 0.267 e. The van der Waals surface area contributed by atoms with Crippen molar-refractivity contribution < 1.29 is 31.6 Å². The average molecular weight is 668 g/mol. The van der Waals surface area contributed by atoms with Crippen molar-refractivity contribution in [3.8, 4) is 5.75 Å². The minimum Gasteiger partial charge on any atom is -0.483 e. The Morgan fingerprint density at radius 1 is 1.11 bits per heavy atom. The quantitative estimate of drug-likeness (QED) is 0.133. The Bertz CT molecular complexity index is 1910. The van der Waals surface area contributed by atoms with Crippen LogP contribution in [0.5, 0.6) is 5.75 Å². The van der Waals surface area contributed by atoms with Crippen molar-refractivity contribution in [2.75, 3.05) is 11.9 Å². The molecule has 5 rings (SSSR count). The van der Waals surface area contributed by atoms with Gasteiger partial charge in [-0.05, 0) is 90.1 Å². The zero-order valence-electron chi connectivity index (χ0n) is 23.1. The molecule has 1 aliphatic rings. The molecule has 0 atom stereocenters. The summed E-state index contributed by atoms with van der Waals surface area (Å²) in [7, 11) is -3.87. The van der Waals surface area contributed by atoms with E-state index in [9.17, 15) is 22.4 Å². The number of nitrogens with two attached hydrogens (primary N) is 1. The number of hydrogen-bond acceptors (Lipinski definition) is 9. The number of nitrogens with one attached hydrogen (secondary N) is 1. The van der Waals surface area contributed by atoms with Crippen LogP contribution in [-0.4, -0.2) is 43.1 Å².